The molecule has 17 heavy (non-hydrogen) atoms. The lowest BCUT2D eigenvalue weighted by molar-refractivity contribution is -0.137. The zero-order valence-electron chi connectivity index (χ0n) is 8.84. The van der Waals surface area contributed by atoms with Crippen molar-refractivity contribution in [2.45, 2.75) is 13.1 Å². The topological polar surface area (TPSA) is 33.1 Å². The number of alkyl halides is 3. The molecule has 0 unspecified atom stereocenters. The van der Waals surface area contributed by atoms with E-state index in [0.717, 1.165) is 17.8 Å². The molecule has 3 rings (SSSR count). The summed E-state index contributed by atoms with van der Waals surface area (Å²) in [6.45, 7) is 1.87. The molecule has 6 heteroatoms. The molecule has 88 valence electrons. The molecule has 0 bridgehead atoms. The Bertz CT molecular complexity index is 706. The Balaban J connectivity index is 2.31. The number of aromatic nitrogens is 3. The van der Waals surface area contributed by atoms with Gasteiger partial charge in [-0.15, -0.1) is 0 Å². The number of aromatic amines is 1. The van der Waals surface area contributed by atoms with E-state index in [4.69, 9.17) is 0 Å². The first-order valence-electron chi connectivity index (χ1n) is 5.00. The number of fused-ring (bicyclic) bond motifs is 3. The van der Waals surface area contributed by atoms with Crippen LogP contribution in [0.4, 0.5) is 13.2 Å². The fraction of sp³-hybridized carbons (Fsp3) is 0.182. The van der Waals surface area contributed by atoms with E-state index in [1.54, 1.807) is 10.6 Å². The summed E-state index contributed by atoms with van der Waals surface area (Å²) in [4.78, 5) is 4.14. The summed E-state index contributed by atoms with van der Waals surface area (Å²) in [6.07, 6.45) is -4.33. The summed E-state index contributed by atoms with van der Waals surface area (Å²) in [6, 6.07) is 5.33. The minimum absolute atomic E-state index is 0.339. The molecule has 0 radical (unpaired) electrons. The maximum atomic E-state index is 12.5. The van der Waals surface area contributed by atoms with Gasteiger partial charge in [0.2, 0.25) is 0 Å². The van der Waals surface area contributed by atoms with Crippen molar-refractivity contribution >= 4 is 16.7 Å². The molecule has 0 aliphatic heterocycles. The predicted octanol–water partition coefficient (Wildman–Crippen LogP) is 3.14. The van der Waals surface area contributed by atoms with Crippen molar-refractivity contribution in [3.05, 3.63) is 35.5 Å². The summed E-state index contributed by atoms with van der Waals surface area (Å²) in [5, 5.41) is 3.01. The average molecular weight is 239 g/mol. The van der Waals surface area contributed by atoms with E-state index in [0.29, 0.717) is 16.7 Å². The third-order valence-corrected chi connectivity index (χ3v) is 2.64. The molecular formula is C11H8F3N3. The van der Waals surface area contributed by atoms with Crippen LogP contribution in [0.3, 0.4) is 0 Å². The number of halogens is 3. The quantitative estimate of drug-likeness (QED) is 0.642. The molecule has 3 nitrogen and oxygen atoms in total. The van der Waals surface area contributed by atoms with Crippen LogP contribution in [-0.2, 0) is 6.18 Å². The zero-order chi connectivity index (χ0) is 12.2. The third-order valence-electron chi connectivity index (χ3n) is 2.64. The maximum Gasteiger partial charge on any atom is 0.416 e. The number of hydrogen-bond donors (Lipinski definition) is 1. The van der Waals surface area contributed by atoms with Crippen molar-refractivity contribution in [2.75, 3.05) is 0 Å². The summed E-state index contributed by atoms with van der Waals surface area (Å²) in [5.41, 5.74) is 1.83. The number of H-pyrrole nitrogens is 1. The highest BCUT2D eigenvalue weighted by Gasteiger charge is 2.30. The molecule has 1 N–H and O–H groups in total. The van der Waals surface area contributed by atoms with E-state index in [1.165, 1.54) is 6.07 Å². The Hall–Kier alpha value is -1.98. The van der Waals surface area contributed by atoms with Crippen molar-refractivity contribution < 1.29 is 13.2 Å². The van der Waals surface area contributed by atoms with Crippen LogP contribution in [0.2, 0.25) is 0 Å². The van der Waals surface area contributed by atoms with Gasteiger partial charge in [-0.1, -0.05) is 0 Å². The second kappa shape index (κ2) is 3.03. The largest absolute Gasteiger partial charge is 0.416 e. The van der Waals surface area contributed by atoms with Crippen LogP contribution in [0.5, 0.6) is 0 Å². The van der Waals surface area contributed by atoms with Crippen molar-refractivity contribution in [1.29, 1.82) is 0 Å². The molecule has 0 atom stereocenters. The first-order chi connectivity index (χ1) is 7.95. The number of rotatable bonds is 0. The monoisotopic (exact) mass is 239 g/mol. The van der Waals surface area contributed by atoms with Gasteiger partial charge in [0.05, 0.1) is 16.6 Å². The highest BCUT2D eigenvalue weighted by Crippen LogP contribution is 2.31. The molecule has 2 aromatic heterocycles. The molecule has 0 saturated heterocycles. The highest BCUT2D eigenvalue weighted by molar-refractivity contribution is 5.80. The van der Waals surface area contributed by atoms with Gasteiger partial charge in [0.25, 0.3) is 0 Å². The van der Waals surface area contributed by atoms with Crippen molar-refractivity contribution in [3.63, 3.8) is 0 Å². The molecule has 0 fully saturated rings. The standard InChI is InChI=1S/C11H8F3N3/c1-6-4-10-15-8-5-7(11(12,13)14)2-3-9(8)17(10)16-6/h2-5,16H,1H3. The smallest absolute Gasteiger partial charge is 0.297 e. The lowest BCUT2D eigenvalue weighted by Gasteiger charge is -2.05. The van der Waals surface area contributed by atoms with Crippen LogP contribution in [0.25, 0.3) is 16.7 Å². The van der Waals surface area contributed by atoms with E-state index in [-0.39, 0.29) is 0 Å². The van der Waals surface area contributed by atoms with Crippen LogP contribution < -0.4 is 0 Å². The Morgan fingerprint density at radius 3 is 2.71 bits per heavy atom. The molecule has 0 amide bonds. The second-order valence-corrected chi connectivity index (χ2v) is 3.95. The zero-order valence-corrected chi connectivity index (χ0v) is 8.84. The van der Waals surface area contributed by atoms with Crippen molar-refractivity contribution in [2.24, 2.45) is 0 Å². The normalized spacial score (nSPS) is 12.7. The van der Waals surface area contributed by atoms with E-state index in [9.17, 15) is 13.2 Å². The van der Waals surface area contributed by atoms with Crippen LogP contribution in [0, 0.1) is 6.92 Å². The second-order valence-electron chi connectivity index (χ2n) is 3.95. The van der Waals surface area contributed by atoms with E-state index in [1.807, 2.05) is 6.92 Å². The number of imidazole rings is 1. The summed E-state index contributed by atoms with van der Waals surface area (Å²) < 4.78 is 39.2. The number of nitrogens with zero attached hydrogens (tertiary/aromatic N) is 2. The first kappa shape index (κ1) is 10.2. The number of aryl methyl sites for hydroxylation is 1. The van der Waals surface area contributed by atoms with Crippen molar-refractivity contribution in [3.8, 4) is 0 Å². The van der Waals surface area contributed by atoms with Gasteiger partial charge in [-0.05, 0) is 25.1 Å². The summed E-state index contributed by atoms with van der Waals surface area (Å²) in [7, 11) is 0. The van der Waals surface area contributed by atoms with Crippen LogP contribution in [0.1, 0.15) is 11.3 Å². The van der Waals surface area contributed by atoms with Gasteiger partial charge in [-0.3, -0.25) is 5.10 Å². The predicted molar refractivity (Wildman–Crippen MR) is 56.8 cm³/mol. The Morgan fingerprint density at radius 1 is 1.24 bits per heavy atom. The van der Waals surface area contributed by atoms with E-state index in [2.05, 4.69) is 10.1 Å². The summed E-state index contributed by atoms with van der Waals surface area (Å²) in [5.74, 6) is 0. The first-order valence-corrected chi connectivity index (χ1v) is 5.00. The van der Waals surface area contributed by atoms with Crippen molar-refractivity contribution in [1.82, 2.24) is 14.6 Å². The van der Waals surface area contributed by atoms with E-state index >= 15 is 0 Å². The van der Waals surface area contributed by atoms with Gasteiger partial charge in [0.15, 0.2) is 5.65 Å². The van der Waals surface area contributed by atoms with Crippen LogP contribution >= 0.6 is 0 Å². The van der Waals surface area contributed by atoms with Gasteiger partial charge >= 0.3 is 6.18 Å². The van der Waals surface area contributed by atoms with Gasteiger partial charge in [0, 0.05) is 11.8 Å². The molecule has 2 heterocycles. The molecule has 0 aliphatic carbocycles. The Labute approximate surface area is 93.9 Å². The molecule has 0 saturated carbocycles. The maximum absolute atomic E-state index is 12.5. The average Bonchev–Trinajstić information content (AvgIpc) is 2.71. The van der Waals surface area contributed by atoms with E-state index < -0.39 is 11.7 Å². The fourth-order valence-electron chi connectivity index (χ4n) is 1.89. The minimum atomic E-state index is -4.33. The fourth-order valence-corrected chi connectivity index (χ4v) is 1.89. The highest BCUT2D eigenvalue weighted by atomic mass is 19.4. The Kier molecular flexibility index (Phi) is 1.81. The number of nitrogens with one attached hydrogen (secondary N) is 1. The molecular weight excluding hydrogens is 231 g/mol. The van der Waals surface area contributed by atoms with Gasteiger partial charge in [-0.25, -0.2) is 9.50 Å². The minimum Gasteiger partial charge on any atom is -0.297 e. The SMILES string of the molecule is Cc1cc2nc3cc(C(F)(F)F)ccc3n2[nH]1. The van der Waals surface area contributed by atoms with Gasteiger partial charge in [0.1, 0.15) is 0 Å². The third kappa shape index (κ3) is 1.48. The number of hydrogen-bond acceptors (Lipinski definition) is 1. The van der Waals surface area contributed by atoms with Crippen LogP contribution in [0.15, 0.2) is 24.3 Å². The molecule has 0 spiro atoms. The molecule has 3 aromatic rings. The molecule has 1 aromatic carbocycles. The Morgan fingerprint density at radius 2 is 2.00 bits per heavy atom. The van der Waals surface area contributed by atoms with Crippen LogP contribution in [-0.4, -0.2) is 14.6 Å². The summed E-state index contributed by atoms with van der Waals surface area (Å²) >= 11 is 0. The van der Waals surface area contributed by atoms with Gasteiger partial charge < -0.3 is 0 Å². The molecule has 0 aliphatic rings. The lowest BCUT2D eigenvalue weighted by Crippen LogP contribution is -2.04. The van der Waals surface area contributed by atoms with Gasteiger partial charge in [-0.2, -0.15) is 13.2 Å². The number of benzene rings is 1. The lowest BCUT2D eigenvalue weighted by atomic mass is 10.2.